The number of ether oxygens (including phenoxy) is 1. The minimum absolute atomic E-state index is 0.539. The van der Waals surface area contributed by atoms with Gasteiger partial charge in [-0.3, -0.25) is 0 Å². The molecule has 1 unspecified atom stereocenters. The highest BCUT2D eigenvalue weighted by Crippen LogP contribution is 2.40. The van der Waals surface area contributed by atoms with Crippen LogP contribution in [0.4, 0.5) is 5.82 Å². The van der Waals surface area contributed by atoms with Gasteiger partial charge in [0.1, 0.15) is 0 Å². The second kappa shape index (κ2) is 4.67. The van der Waals surface area contributed by atoms with Crippen molar-refractivity contribution in [1.82, 2.24) is 10.3 Å². The van der Waals surface area contributed by atoms with E-state index in [4.69, 9.17) is 9.72 Å². The lowest BCUT2D eigenvalue weighted by Gasteiger charge is -2.35. The first-order valence-corrected chi connectivity index (χ1v) is 7.52. The Balaban J connectivity index is 1.68. The topological polar surface area (TPSA) is 37.4 Å². The standard InChI is InChI=1S/C15H21N3O/c1-2-11(3-1)12-8-14-15(17-9-12)18-6-5-16-10-13(18)4-7-19-14/h8-9,11,13,16H,1-7,10H2. The van der Waals surface area contributed by atoms with E-state index in [9.17, 15) is 0 Å². The van der Waals surface area contributed by atoms with Crippen molar-refractivity contribution in [2.75, 3.05) is 31.1 Å². The van der Waals surface area contributed by atoms with Crippen molar-refractivity contribution in [1.29, 1.82) is 0 Å². The van der Waals surface area contributed by atoms with Gasteiger partial charge in [-0.1, -0.05) is 6.42 Å². The number of nitrogens with one attached hydrogen (secondary N) is 1. The van der Waals surface area contributed by atoms with E-state index in [0.29, 0.717) is 6.04 Å². The van der Waals surface area contributed by atoms with Crippen molar-refractivity contribution >= 4 is 5.82 Å². The second-order valence-electron chi connectivity index (χ2n) is 5.91. The van der Waals surface area contributed by atoms with Gasteiger partial charge in [0.15, 0.2) is 11.6 Å². The van der Waals surface area contributed by atoms with Gasteiger partial charge >= 0.3 is 0 Å². The highest BCUT2D eigenvalue weighted by molar-refractivity contribution is 5.56. The van der Waals surface area contributed by atoms with Crippen LogP contribution in [-0.4, -0.2) is 37.3 Å². The van der Waals surface area contributed by atoms with Gasteiger partial charge in [-0.25, -0.2) is 4.98 Å². The van der Waals surface area contributed by atoms with Gasteiger partial charge in [-0.15, -0.1) is 0 Å². The summed E-state index contributed by atoms with van der Waals surface area (Å²) in [5.74, 6) is 2.80. The lowest BCUT2D eigenvalue weighted by atomic mass is 9.81. The molecule has 1 saturated carbocycles. The summed E-state index contributed by atoms with van der Waals surface area (Å²) in [6, 6.07) is 2.79. The molecule has 0 spiro atoms. The molecule has 1 aromatic rings. The number of aromatic nitrogens is 1. The van der Waals surface area contributed by atoms with Crippen LogP contribution >= 0.6 is 0 Å². The average Bonchev–Trinajstić information content (AvgIpc) is 2.55. The molecular weight excluding hydrogens is 238 g/mol. The highest BCUT2D eigenvalue weighted by atomic mass is 16.5. The summed E-state index contributed by atoms with van der Waals surface area (Å²) in [6.45, 7) is 3.94. The molecule has 4 rings (SSSR count). The van der Waals surface area contributed by atoms with Crippen LogP contribution < -0.4 is 15.0 Å². The van der Waals surface area contributed by atoms with Gasteiger partial charge in [0.2, 0.25) is 0 Å². The third kappa shape index (κ3) is 1.98. The zero-order valence-corrected chi connectivity index (χ0v) is 11.3. The fraction of sp³-hybridized carbons (Fsp3) is 0.667. The van der Waals surface area contributed by atoms with E-state index in [1.54, 1.807) is 0 Å². The molecule has 4 nitrogen and oxygen atoms in total. The van der Waals surface area contributed by atoms with Crippen LogP contribution in [0.5, 0.6) is 5.75 Å². The Labute approximate surface area is 114 Å². The van der Waals surface area contributed by atoms with Crippen LogP contribution in [0.2, 0.25) is 0 Å². The summed E-state index contributed by atoms with van der Waals surface area (Å²) < 4.78 is 5.97. The van der Waals surface area contributed by atoms with Gasteiger partial charge in [0.05, 0.1) is 6.61 Å². The molecule has 1 aliphatic carbocycles. The maximum Gasteiger partial charge on any atom is 0.171 e. The van der Waals surface area contributed by atoms with E-state index in [1.807, 2.05) is 0 Å². The van der Waals surface area contributed by atoms with Crippen LogP contribution in [0.1, 0.15) is 37.2 Å². The molecule has 0 amide bonds. The molecule has 0 radical (unpaired) electrons. The Kier molecular flexibility index (Phi) is 2.84. The zero-order chi connectivity index (χ0) is 12.7. The smallest absolute Gasteiger partial charge is 0.171 e. The summed E-state index contributed by atoms with van der Waals surface area (Å²) in [7, 11) is 0. The molecular formula is C15H21N3O. The molecule has 2 aliphatic heterocycles. The molecule has 1 N–H and O–H groups in total. The molecule has 3 aliphatic rings. The molecule has 0 bridgehead atoms. The number of anilines is 1. The Bertz CT molecular complexity index is 472. The van der Waals surface area contributed by atoms with Crippen molar-refractivity contribution in [3.8, 4) is 5.75 Å². The van der Waals surface area contributed by atoms with E-state index < -0.39 is 0 Å². The summed E-state index contributed by atoms with van der Waals surface area (Å²) in [4.78, 5) is 7.17. The normalized spacial score (nSPS) is 26.7. The fourth-order valence-corrected chi connectivity index (χ4v) is 3.34. The first kappa shape index (κ1) is 11.5. The number of hydrogen-bond donors (Lipinski definition) is 1. The zero-order valence-electron chi connectivity index (χ0n) is 11.3. The van der Waals surface area contributed by atoms with Crippen molar-refractivity contribution < 1.29 is 4.74 Å². The largest absolute Gasteiger partial charge is 0.490 e. The minimum atomic E-state index is 0.539. The average molecular weight is 259 g/mol. The summed E-state index contributed by atoms with van der Waals surface area (Å²) in [6.07, 6.45) is 7.16. The number of nitrogens with zero attached hydrogens (tertiary/aromatic N) is 2. The molecule has 0 aromatic carbocycles. The summed E-state index contributed by atoms with van der Waals surface area (Å²) in [5.41, 5.74) is 1.37. The third-order valence-electron chi connectivity index (χ3n) is 4.76. The van der Waals surface area contributed by atoms with E-state index in [2.05, 4.69) is 22.5 Å². The molecule has 1 saturated heterocycles. The second-order valence-corrected chi connectivity index (χ2v) is 5.91. The molecule has 2 fully saturated rings. The van der Waals surface area contributed by atoms with Crippen LogP contribution in [0, 0.1) is 0 Å². The highest BCUT2D eigenvalue weighted by Gasteiger charge is 2.30. The number of rotatable bonds is 1. The van der Waals surface area contributed by atoms with Gasteiger partial charge < -0.3 is 15.0 Å². The van der Waals surface area contributed by atoms with Crippen molar-refractivity contribution in [3.63, 3.8) is 0 Å². The van der Waals surface area contributed by atoms with Crippen molar-refractivity contribution in [2.45, 2.75) is 37.6 Å². The Morgan fingerprint density at radius 2 is 2.26 bits per heavy atom. The number of fused-ring (bicyclic) bond motifs is 3. The monoisotopic (exact) mass is 259 g/mol. The minimum Gasteiger partial charge on any atom is -0.490 e. The Hall–Kier alpha value is -1.29. The molecule has 19 heavy (non-hydrogen) atoms. The third-order valence-corrected chi connectivity index (χ3v) is 4.76. The van der Waals surface area contributed by atoms with E-state index in [0.717, 1.165) is 50.1 Å². The predicted molar refractivity (Wildman–Crippen MR) is 74.9 cm³/mol. The molecule has 102 valence electrons. The number of hydrogen-bond acceptors (Lipinski definition) is 4. The quantitative estimate of drug-likeness (QED) is 0.836. The maximum atomic E-state index is 5.97. The van der Waals surface area contributed by atoms with Crippen LogP contribution in [0.25, 0.3) is 0 Å². The lowest BCUT2D eigenvalue weighted by Crippen LogP contribution is -2.51. The SMILES string of the molecule is c1nc2c(cc1C1CCC1)OCCC1CNCCN21. The molecule has 1 aromatic heterocycles. The predicted octanol–water partition coefficient (Wildman–Crippen LogP) is 1.91. The van der Waals surface area contributed by atoms with Gasteiger partial charge in [0.25, 0.3) is 0 Å². The van der Waals surface area contributed by atoms with Crippen molar-refractivity contribution in [2.24, 2.45) is 0 Å². The van der Waals surface area contributed by atoms with E-state index in [1.165, 1.54) is 24.8 Å². The first-order valence-electron chi connectivity index (χ1n) is 7.52. The fourth-order valence-electron chi connectivity index (χ4n) is 3.34. The maximum absolute atomic E-state index is 5.97. The van der Waals surface area contributed by atoms with Crippen LogP contribution in [0.3, 0.4) is 0 Å². The lowest BCUT2D eigenvalue weighted by molar-refractivity contribution is 0.302. The molecule has 1 atom stereocenters. The van der Waals surface area contributed by atoms with Crippen LogP contribution in [0.15, 0.2) is 12.3 Å². The number of piperazine rings is 1. The first-order chi connectivity index (χ1) is 9.42. The van der Waals surface area contributed by atoms with E-state index >= 15 is 0 Å². The summed E-state index contributed by atoms with van der Waals surface area (Å²) in [5, 5.41) is 3.47. The Morgan fingerprint density at radius 3 is 3.11 bits per heavy atom. The van der Waals surface area contributed by atoms with E-state index in [-0.39, 0.29) is 0 Å². The van der Waals surface area contributed by atoms with Gasteiger partial charge in [0, 0.05) is 38.3 Å². The molecule has 4 heteroatoms. The van der Waals surface area contributed by atoms with Crippen LogP contribution in [-0.2, 0) is 0 Å². The van der Waals surface area contributed by atoms with Gasteiger partial charge in [-0.05, 0) is 30.4 Å². The Morgan fingerprint density at radius 1 is 1.32 bits per heavy atom. The van der Waals surface area contributed by atoms with Crippen molar-refractivity contribution in [3.05, 3.63) is 17.8 Å². The van der Waals surface area contributed by atoms with Gasteiger partial charge in [-0.2, -0.15) is 0 Å². The molecule has 3 heterocycles. The number of pyridine rings is 1. The summed E-state index contributed by atoms with van der Waals surface area (Å²) >= 11 is 0.